The minimum atomic E-state index is -0.439. The molecule has 0 saturated heterocycles. The van der Waals surface area contributed by atoms with E-state index in [-0.39, 0.29) is 5.69 Å². The maximum Gasteiger partial charge on any atom is 0.271 e. The lowest BCUT2D eigenvalue weighted by molar-refractivity contribution is -0.384. The van der Waals surface area contributed by atoms with Crippen molar-refractivity contribution in [3.8, 4) is 11.1 Å². The van der Waals surface area contributed by atoms with Gasteiger partial charge in [0.05, 0.1) is 16.0 Å². The molecule has 0 amide bonds. The summed E-state index contributed by atoms with van der Waals surface area (Å²) in [5, 5.41) is 11.0. The maximum atomic E-state index is 11.0. The fraction of sp³-hybridized carbons (Fsp3) is 0. The van der Waals surface area contributed by atoms with E-state index in [1.807, 2.05) is 53.1 Å². The van der Waals surface area contributed by atoms with E-state index < -0.39 is 4.92 Å². The molecule has 0 radical (unpaired) electrons. The minimum Gasteiger partial charge on any atom is -0.283 e. The lowest BCUT2D eigenvalue weighted by Crippen LogP contribution is -1.92. The summed E-state index contributed by atoms with van der Waals surface area (Å²) in [5.41, 5.74) is 5.01. The molecule has 0 aliphatic carbocycles. The molecular formula is C19H11N5O2. The average Bonchev–Trinajstić information content (AvgIpc) is 3.02. The number of hydrogen-bond acceptors (Lipinski definition) is 5. The summed E-state index contributed by atoms with van der Waals surface area (Å²) in [6.45, 7) is 0. The second-order valence-electron chi connectivity index (χ2n) is 5.92. The highest BCUT2D eigenvalue weighted by Crippen LogP contribution is 2.24. The number of nitro benzene ring substituents is 1. The van der Waals surface area contributed by atoms with E-state index >= 15 is 0 Å². The van der Waals surface area contributed by atoms with Crippen molar-refractivity contribution in [2.45, 2.75) is 0 Å². The smallest absolute Gasteiger partial charge is 0.271 e. The first-order valence-electron chi connectivity index (χ1n) is 7.98. The summed E-state index contributed by atoms with van der Waals surface area (Å²) in [6.07, 6.45) is 1.89. The number of benzene rings is 2. The number of nitrogens with zero attached hydrogens (tertiary/aromatic N) is 5. The molecule has 0 saturated carbocycles. The number of fused-ring (bicyclic) bond motifs is 4. The Morgan fingerprint density at radius 2 is 1.69 bits per heavy atom. The van der Waals surface area contributed by atoms with Gasteiger partial charge in [-0.1, -0.05) is 30.3 Å². The van der Waals surface area contributed by atoms with Crippen LogP contribution in [0.15, 0.2) is 66.9 Å². The topological polar surface area (TPSA) is 86.2 Å². The highest BCUT2D eigenvalue weighted by molar-refractivity contribution is 5.86. The summed E-state index contributed by atoms with van der Waals surface area (Å²) in [5.74, 6) is 0. The third-order valence-electron chi connectivity index (χ3n) is 4.31. The molecule has 0 aliphatic heterocycles. The molecule has 3 aromatic heterocycles. The molecule has 5 aromatic rings. The second kappa shape index (κ2) is 5.32. The quantitative estimate of drug-likeness (QED) is 0.358. The molecule has 3 heterocycles. The van der Waals surface area contributed by atoms with Gasteiger partial charge >= 0.3 is 0 Å². The van der Waals surface area contributed by atoms with Crippen molar-refractivity contribution >= 4 is 33.7 Å². The Bertz CT molecular complexity index is 1310. The molecule has 0 spiro atoms. The van der Waals surface area contributed by atoms with Crippen LogP contribution in [0.2, 0.25) is 0 Å². The van der Waals surface area contributed by atoms with Crippen LogP contribution < -0.4 is 0 Å². The summed E-state index contributed by atoms with van der Waals surface area (Å²) in [4.78, 5) is 24.2. The number of pyridine rings is 1. The summed E-state index contributed by atoms with van der Waals surface area (Å²) in [6, 6.07) is 18.5. The SMILES string of the molecule is O=[N+]([O-])c1ccc2nc3nc4cc(-c5ccccc5)ccn4c3nc2c1. The Balaban J connectivity index is 1.75. The lowest BCUT2D eigenvalue weighted by atomic mass is 10.1. The zero-order valence-electron chi connectivity index (χ0n) is 13.4. The van der Waals surface area contributed by atoms with Crippen LogP contribution in [0.4, 0.5) is 5.69 Å². The molecule has 0 N–H and O–H groups in total. The Morgan fingerprint density at radius 3 is 2.50 bits per heavy atom. The van der Waals surface area contributed by atoms with Crippen LogP contribution in [0.3, 0.4) is 0 Å². The Labute approximate surface area is 146 Å². The Morgan fingerprint density at radius 1 is 0.846 bits per heavy atom. The molecule has 2 aromatic carbocycles. The first-order valence-corrected chi connectivity index (χ1v) is 7.98. The summed E-state index contributed by atoms with van der Waals surface area (Å²) < 4.78 is 1.84. The van der Waals surface area contributed by atoms with Gasteiger partial charge in [-0.3, -0.25) is 14.5 Å². The number of aromatic nitrogens is 4. The van der Waals surface area contributed by atoms with Crippen molar-refractivity contribution in [2.75, 3.05) is 0 Å². The zero-order valence-corrected chi connectivity index (χ0v) is 13.4. The largest absolute Gasteiger partial charge is 0.283 e. The van der Waals surface area contributed by atoms with Crippen LogP contribution in [0.5, 0.6) is 0 Å². The van der Waals surface area contributed by atoms with Gasteiger partial charge in [-0.15, -0.1) is 0 Å². The number of rotatable bonds is 2. The molecule has 0 bridgehead atoms. The minimum absolute atomic E-state index is 0.00802. The van der Waals surface area contributed by atoms with Gasteiger partial charge in [-0.05, 0) is 29.3 Å². The molecule has 0 aliphatic rings. The molecule has 5 rings (SSSR count). The molecule has 0 unspecified atom stereocenters. The van der Waals surface area contributed by atoms with Gasteiger partial charge in [0.1, 0.15) is 5.65 Å². The molecular weight excluding hydrogens is 330 g/mol. The first-order chi connectivity index (χ1) is 12.7. The van der Waals surface area contributed by atoms with E-state index in [1.165, 1.54) is 12.1 Å². The van der Waals surface area contributed by atoms with Gasteiger partial charge in [0.15, 0.2) is 11.3 Å². The fourth-order valence-electron chi connectivity index (χ4n) is 3.05. The van der Waals surface area contributed by atoms with E-state index in [0.29, 0.717) is 22.3 Å². The Kier molecular flexibility index (Phi) is 2.96. The van der Waals surface area contributed by atoms with Crippen LogP contribution in [0.1, 0.15) is 0 Å². The standard InChI is InChI=1S/C19H11N5O2/c25-24(26)14-6-7-15-16(11-14)21-19-18(20-15)22-17-10-13(8-9-23(17)19)12-4-2-1-3-5-12/h1-11H. The summed E-state index contributed by atoms with van der Waals surface area (Å²) in [7, 11) is 0. The zero-order chi connectivity index (χ0) is 17.7. The number of hydrogen-bond donors (Lipinski definition) is 0. The predicted molar refractivity (Wildman–Crippen MR) is 97.9 cm³/mol. The fourth-order valence-corrected chi connectivity index (χ4v) is 3.05. The van der Waals surface area contributed by atoms with Gasteiger partial charge < -0.3 is 0 Å². The molecule has 124 valence electrons. The summed E-state index contributed by atoms with van der Waals surface area (Å²) >= 11 is 0. The van der Waals surface area contributed by atoms with Gasteiger partial charge in [-0.25, -0.2) is 15.0 Å². The monoisotopic (exact) mass is 341 g/mol. The molecule has 7 heteroatoms. The van der Waals surface area contributed by atoms with E-state index in [2.05, 4.69) is 15.0 Å². The highest BCUT2D eigenvalue weighted by Gasteiger charge is 2.13. The van der Waals surface area contributed by atoms with Crippen LogP contribution in [0.25, 0.3) is 39.1 Å². The normalized spacial score (nSPS) is 11.4. The van der Waals surface area contributed by atoms with Crippen LogP contribution in [-0.4, -0.2) is 24.3 Å². The predicted octanol–water partition coefficient (Wildman–Crippen LogP) is 4.01. The Hall–Kier alpha value is -3.87. The molecule has 7 nitrogen and oxygen atoms in total. The van der Waals surface area contributed by atoms with Gasteiger partial charge in [0.25, 0.3) is 5.69 Å². The second-order valence-corrected chi connectivity index (χ2v) is 5.92. The molecule has 0 atom stereocenters. The lowest BCUT2D eigenvalue weighted by Gasteiger charge is -2.02. The highest BCUT2D eigenvalue weighted by atomic mass is 16.6. The first kappa shape index (κ1) is 14.5. The molecule has 26 heavy (non-hydrogen) atoms. The molecule has 0 fully saturated rings. The number of non-ortho nitro benzene ring substituents is 1. The van der Waals surface area contributed by atoms with E-state index in [9.17, 15) is 10.1 Å². The van der Waals surface area contributed by atoms with E-state index in [4.69, 9.17) is 0 Å². The van der Waals surface area contributed by atoms with E-state index in [1.54, 1.807) is 6.07 Å². The van der Waals surface area contributed by atoms with Crippen molar-refractivity contribution in [3.63, 3.8) is 0 Å². The third kappa shape index (κ3) is 2.18. The van der Waals surface area contributed by atoms with Crippen LogP contribution >= 0.6 is 0 Å². The van der Waals surface area contributed by atoms with Crippen molar-refractivity contribution in [3.05, 3.63) is 77.0 Å². The van der Waals surface area contributed by atoms with Gasteiger partial charge in [0, 0.05) is 18.3 Å². The van der Waals surface area contributed by atoms with Crippen molar-refractivity contribution in [1.82, 2.24) is 19.4 Å². The van der Waals surface area contributed by atoms with Crippen molar-refractivity contribution in [1.29, 1.82) is 0 Å². The van der Waals surface area contributed by atoms with Crippen LogP contribution in [-0.2, 0) is 0 Å². The van der Waals surface area contributed by atoms with Gasteiger partial charge in [0.2, 0.25) is 0 Å². The number of imidazole rings is 1. The third-order valence-corrected chi connectivity index (χ3v) is 4.31. The van der Waals surface area contributed by atoms with E-state index in [0.717, 1.165) is 16.8 Å². The van der Waals surface area contributed by atoms with Crippen LogP contribution in [0, 0.1) is 10.1 Å². The van der Waals surface area contributed by atoms with Crippen molar-refractivity contribution in [2.24, 2.45) is 0 Å². The number of nitro groups is 1. The van der Waals surface area contributed by atoms with Crippen molar-refractivity contribution < 1.29 is 4.92 Å². The average molecular weight is 341 g/mol. The van der Waals surface area contributed by atoms with Gasteiger partial charge in [-0.2, -0.15) is 0 Å². The maximum absolute atomic E-state index is 11.0.